The van der Waals surface area contributed by atoms with Crippen molar-refractivity contribution in [2.45, 2.75) is 12.6 Å². The van der Waals surface area contributed by atoms with Crippen LogP contribution in [0.25, 0.3) is 0 Å². The lowest BCUT2D eigenvalue weighted by atomic mass is 10.1. The highest BCUT2D eigenvalue weighted by Gasteiger charge is 2.22. The molecular weight excluding hydrogens is 302 g/mol. The number of hydrogen-bond donors (Lipinski definition) is 3. The van der Waals surface area contributed by atoms with Gasteiger partial charge in [-0.1, -0.05) is 0 Å². The number of hydrazine groups is 1. The number of halogens is 1. The molecular formula is C9H14BrN7O. The summed E-state index contributed by atoms with van der Waals surface area (Å²) in [6.07, 6.45) is 3.33. The molecule has 2 aromatic rings. The van der Waals surface area contributed by atoms with E-state index in [2.05, 4.69) is 41.9 Å². The van der Waals surface area contributed by atoms with E-state index in [0.717, 1.165) is 10.2 Å². The van der Waals surface area contributed by atoms with Crippen LogP contribution in [-0.4, -0.2) is 38.9 Å². The summed E-state index contributed by atoms with van der Waals surface area (Å²) >= 11 is 3.46. The molecule has 0 amide bonds. The van der Waals surface area contributed by atoms with Crippen molar-refractivity contribution >= 4 is 15.9 Å². The molecule has 1 unspecified atom stereocenters. The molecule has 0 fully saturated rings. The predicted octanol–water partition coefficient (Wildman–Crippen LogP) is -0.0372. The molecule has 1 atom stereocenters. The Bertz CT molecular complexity index is 483. The van der Waals surface area contributed by atoms with E-state index in [0.29, 0.717) is 18.8 Å². The van der Waals surface area contributed by atoms with E-state index < -0.39 is 0 Å². The van der Waals surface area contributed by atoms with E-state index in [-0.39, 0.29) is 6.04 Å². The lowest BCUT2D eigenvalue weighted by Gasteiger charge is -2.16. The van der Waals surface area contributed by atoms with Crippen molar-refractivity contribution in [1.82, 2.24) is 30.6 Å². The van der Waals surface area contributed by atoms with Crippen LogP contribution >= 0.6 is 15.9 Å². The third-order valence-corrected chi connectivity index (χ3v) is 3.12. The van der Waals surface area contributed by atoms with Crippen LogP contribution in [-0.2, 0) is 11.3 Å². The van der Waals surface area contributed by atoms with Crippen LogP contribution < -0.4 is 11.3 Å². The van der Waals surface area contributed by atoms with Crippen molar-refractivity contribution in [2.24, 2.45) is 5.84 Å². The molecule has 0 aliphatic rings. The van der Waals surface area contributed by atoms with Gasteiger partial charge in [0, 0.05) is 7.11 Å². The van der Waals surface area contributed by atoms with E-state index in [9.17, 15) is 0 Å². The summed E-state index contributed by atoms with van der Waals surface area (Å²) in [7, 11) is 1.65. The maximum atomic E-state index is 5.60. The zero-order valence-electron chi connectivity index (χ0n) is 9.80. The monoisotopic (exact) mass is 315 g/mol. The van der Waals surface area contributed by atoms with Crippen molar-refractivity contribution in [3.05, 3.63) is 28.3 Å². The summed E-state index contributed by atoms with van der Waals surface area (Å²) in [4.78, 5) is 0. The van der Waals surface area contributed by atoms with Crippen molar-refractivity contribution in [3.8, 4) is 0 Å². The molecule has 0 radical (unpaired) electrons. The molecule has 0 aromatic carbocycles. The van der Waals surface area contributed by atoms with Crippen LogP contribution in [0, 0.1) is 0 Å². The quantitative estimate of drug-likeness (QED) is 0.510. The number of nitrogens with two attached hydrogens (primary N) is 1. The Hall–Kier alpha value is -1.29. The molecule has 0 aliphatic carbocycles. The van der Waals surface area contributed by atoms with E-state index in [1.807, 2.05) is 4.68 Å². The lowest BCUT2D eigenvalue weighted by Crippen LogP contribution is -2.31. The Kier molecular flexibility index (Phi) is 4.42. The fourth-order valence-corrected chi connectivity index (χ4v) is 2.19. The van der Waals surface area contributed by atoms with E-state index in [1.54, 1.807) is 19.5 Å². The Morgan fingerprint density at radius 1 is 1.61 bits per heavy atom. The standard InChI is InChI=1S/C9H14BrN7O/c1-18-3-2-17-9(6(10)4-13-17)8(14-11)7-5-12-16-15-7/h4-5,8,14H,2-3,11H2,1H3,(H,12,15,16). The Labute approximate surface area is 112 Å². The molecule has 0 bridgehead atoms. The largest absolute Gasteiger partial charge is 0.383 e. The van der Waals surface area contributed by atoms with Crippen LogP contribution in [0.2, 0.25) is 0 Å². The SMILES string of the molecule is COCCn1ncc(Br)c1C(NN)c1cn[nH]n1. The first-order chi connectivity index (χ1) is 8.77. The van der Waals surface area contributed by atoms with Gasteiger partial charge in [-0.05, 0) is 15.9 Å². The van der Waals surface area contributed by atoms with Crippen molar-refractivity contribution in [2.75, 3.05) is 13.7 Å². The molecule has 0 spiro atoms. The highest BCUT2D eigenvalue weighted by Crippen LogP contribution is 2.26. The third kappa shape index (κ3) is 2.58. The topological polar surface area (TPSA) is 107 Å². The Morgan fingerprint density at radius 3 is 3.06 bits per heavy atom. The van der Waals surface area contributed by atoms with Gasteiger partial charge in [-0.3, -0.25) is 10.5 Å². The number of aromatic nitrogens is 5. The molecule has 2 aromatic heterocycles. The van der Waals surface area contributed by atoms with Gasteiger partial charge in [-0.15, -0.1) is 0 Å². The zero-order valence-corrected chi connectivity index (χ0v) is 11.4. The van der Waals surface area contributed by atoms with Gasteiger partial charge < -0.3 is 4.74 Å². The molecule has 4 N–H and O–H groups in total. The maximum Gasteiger partial charge on any atom is 0.109 e. The van der Waals surface area contributed by atoms with Crippen LogP contribution in [0.15, 0.2) is 16.9 Å². The normalized spacial score (nSPS) is 12.8. The van der Waals surface area contributed by atoms with Crippen molar-refractivity contribution in [1.29, 1.82) is 0 Å². The molecule has 9 heteroatoms. The zero-order chi connectivity index (χ0) is 13.0. The Balaban J connectivity index is 2.32. The van der Waals surface area contributed by atoms with Gasteiger partial charge in [0.15, 0.2) is 0 Å². The molecule has 0 saturated heterocycles. The number of hydrogen-bond acceptors (Lipinski definition) is 6. The van der Waals surface area contributed by atoms with Crippen LogP contribution in [0.5, 0.6) is 0 Å². The molecule has 0 aliphatic heterocycles. The van der Waals surface area contributed by atoms with Gasteiger partial charge in [0.25, 0.3) is 0 Å². The van der Waals surface area contributed by atoms with Gasteiger partial charge in [-0.2, -0.15) is 20.5 Å². The minimum atomic E-state index is -0.294. The van der Waals surface area contributed by atoms with Gasteiger partial charge >= 0.3 is 0 Å². The average molecular weight is 316 g/mol. The summed E-state index contributed by atoms with van der Waals surface area (Å²) in [5.74, 6) is 5.60. The lowest BCUT2D eigenvalue weighted by molar-refractivity contribution is 0.182. The molecule has 98 valence electrons. The predicted molar refractivity (Wildman–Crippen MR) is 67.4 cm³/mol. The number of rotatable bonds is 6. The van der Waals surface area contributed by atoms with E-state index >= 15 is 0 Å². The fourth-order valence-electron chi connectivity index (χ4n) is 1.67. The molecule has 2 heterocycles. The van der Waals surface area contributed by atoms with Crippen LogP contribution in [0.1, 0.15) is 17.4 Å². The van der Waals surface area contributed by atoms with E-state index in [4.69, 9.17) is 10.6 Å². The second-order valence-corrected chi connectivity index (χ2v) is 4.44. The fraction of sp³-hybridized carbons (Fsp3) is 0.444. The molecule has 8 nitrogen and oxygen atoms in total. The van der Waals surface area contributed by atoms with Crippen LogP contribution in [0.4, 0.5) is 0 Å². The van der Waals surface area contributed by atoms with Crippen molar-refractivity contribution < 1.29 is 4.74 Å². The summed E-state index contributed by atoms with van der Waals surface area (Å²) in [5, 5.41) is 14.6. The number of nitrogens with zero attached hydrogens (tertiary/aromatic N) is 4. The first-order valence-corrected chi connectivity index (χ1v) is 6.09. The van der Waals surface area contributed by atoms with Gasteiger partial charge in [0.2, 0.25) is 0 Å². The highest BCUT2D eigenvalue weighted by molar-refractivity contribution is 9.10. The van der Waals surface area contributed by atoms with Crippen LogP contribution in [0.3, 0.4) is 0 Å². The van der Waals surface area contributed by atoms with E-state index in [1.165, 1.54) is 0 Å². The minimum absolute atomic E-state index is 0.294. The second kappa shape index (κ2) is 6.05. The summed E-state index contributed by atoms with van der Waals surface area (Å²) in [6.45, 7) is 1.20. The smallest absolute Gasteiger partial charge is 0.109 e. The molecule has 0 saturated carbocycles. The average Bonchev–Trinajstić information content (AvgIpc) is 3.00. The highest BCUT2D eigenvalue weighted by atomic mass is 79.9. The minimum Gasteiger partial charge on any atom is -0.383 e. The number of H-pyrrole nitrogens is 1. The first-order valence-electron chi connectivity index (χ1n) is 5.30. The number of methoxy groups -OCH3 is 1. The number of ether oxygens (including phenoxy) is 1. The Morgan fingerprint density at radius 2 is 2.44 bits per heavy atom. The van der Waals surface area contributed by atoms with Gasteiger partial charge in [0.1, 0.15) is 11.7 Å². The molecule has 2 rings (SSSR count). The van der Waals surface area contributed by atoms with Gasteiger partial charge in [0.05, 0.1) is 35.7 Å². The van der Waals surface area contributed by atoms with Crippen molar-refractivity contribution in [3.63, 3.8) is 0 Å². The first kappa shape index (κ1) is 13.1. The maximum absolute atomic E-state index is 5.60. The third-order valence-electron chi connectivity index (χ3n) is 2.51. The number of nitrogens with one attached hydrogen (secondary N) is 2. The number of aromatic amines is 1. The second-order valence-electron chi connectivity index (χ2n) is 3.59. The molecule has 18 heavy (non-hydrogen) atoms. The summed E-state index contributed by atoms with van der Waals surface area (Å²) in [6, 6.07) is -0.294. The van der Waals surface area contributed by atoms with Gasteiger partial charge in [-0.25, -0.2) is 5.43 Å². The summed E-state index contributed by atoms with van der Waals surface area (Å²) < 4.78 is 7.72. The summed E-state index contributed by atoms with van der Waals surface area (Å²) in [5.41, 5.74) is 4.28.